The van der Waals surface area contributed by atoms with Crippen LogP contribution in [0.5, 0.6) is 5.75 Å². The van der Waals surface area contributed by atoms with Gasteiger partial charge in [0.05, 0.1) is 12.8 Å². The summed E-state index contributed by atoms with van der Waals surface area (Å²) in [4.78, 5) is 23.4. The average molecular weight is 416 g/mol. The van der Waals surface area contributed by atoms with Gasteiger partial charge >= 0.3 is 6.09 Å². The molecule has 1 N–H and O–H groups in total. The molecule has 0 aliphatic carbocycles. The normalized spacial score (nSPS) is 18.1. The van der Waals surface area contributed by atoms with Crippen molar-refractivity contribution in [1.29, 1.82) is 0 Å². The van der Waals surface area contributed by atoms with Crippen LogP contribution >= 0.6 is 11.6 Å². The number of ether oxygens (including phenoxy) is 1. The molecule has 2 heterocycles. The minimum Gasteiger partial charge on any atom is -0.497 e. The number of hydroxylamine groups is 2. The van der Waals surface area contributed by atoms with Crippen molar-refractivity contribution >= 4 is 29.1 Å². The summed E-state index contributed by atoms with van der Waals surface area (Å²) in [5, 5.41) is 9.36. The Bertz CT molecular complexity index is 908. The van der Waals surface area contributed by atoms with E-state index in [1.54, 1.807) is 30.4 Å². The molecule has 1 amide bonds. The monoisotopic (exact) mass is 415 g/mol. The van der Waals surface area contributed by atoms with Crippen molar-refractivity contribution in [1.82, 2.24) is 5.06 Å². The summed E-state index contributed by atoms with van der Waals surface area (Å²) in [7, 11) is 1.58. The van der Waals surface area contributed by atoms with Crippen molar-refractivity contribution < 1.29 is 19.2 Å². The Kier molecular flexibility index (Phi) is 5.60. The Morgan fingerprint density at radius 3 is 2.69 bits per heavy atom. The molecule has 4 rings (SSSR count). The first-order valence-corrected chi connectivity index (χ1v) is 9.82. The van der Waals surface area contributed by atoms with Crippen LogP contribution in [0.3, 0.4) is 0 Å². The predicted molar refractivity (Wildman–Crippen MR) is 110 cm³/mol. The van der Waals surface area contributed by atoms with E-state index in [1.807, 2.05) is 30.3 Å². The van der Waals surface area contributed by atoms with Gasteiger partial charge in [-0.25, -0.2) is 4.79 Å². The average Bonchev–Trinajstić information content (AvgIpc) is 3.14. The zero-order valence-electron chi connectivity index (χ0n) is 16.1. The van der Waals surface area contributed by atoms with Crippen LogP contribution in [-0.4, -0.2) is 42.7 Å². The zero-order valence-corrected chi connectivity index (χ0v) is 16.8. The second-order valence-corrected chi connectivity index (χ2v) is 7.60. The summed E-state index contributed by atoms with van der Waals surface area (Å²) in [5.74, 6) is 0.664. The molecular formula is C21H22ClN3O4. The van der Waals surface area contributed by atoms with Crippen molar-refractivity contribution in [3.8, 4) is 5.75 Å². The number of nitrogens with one attached hydrogen (secondary N) is 1. The van der Waals surface area contributed by atoms with E-state index in [1.165, 1.54) is 0 Å². The highest BCUT2D eigenvalue weighted by molar-refractivity contribution is 6.30. The first-order valence-electron chi connectivity index (χ1n) is 9.44. The van der Waals surface area contributed by atoms with Crippen LogP contribution in [-0.2, 0) is 9.68 Å². The Labute approximate surface area is 174 Å². The number of anilines is 1. The topological polar surface area (TPSA) is 72.4 Å². The van der Waals surface area contributed by atoms with Crippen LogP contribution in [0.4, 0.5) is 10.5 Å². The molecule has 0 atom stereocenters. The number of piperidine rings is 1. The zero-order chi connectivity index (χ0) is 20.3. The van der Waals surface area contributed by atoms with Gasteiger partial charge in [-0.3, -0.25) is 5.32 Å². The maximum Gasteiger partial charge on any atom is 0.430 e. The number of oxime groups is 1. The summed E-state index contributed by atoms with van der Waals surface area (Å²) in [6, 6.07) is 14.7. The van der Waals surface area contributed by atoms with Gasteiger partial charge in [0, 0.05) is 49.1 Å². The lowest BCUT2D eigenvalue weighted by molar-refractivity contribution is -0.154. The van der Waals surface area contributed by atoms with Crippen LogP contribution in [0.2, 0.25) is 5.02 Å². The molecule has 1 saturated heterocycles. The molecule has 1 spiro atoms. The Balaban J connectivity index is 1.27. The number of hydrogen-bond acceptors (Lipinski definition) is 6. The third-order valence-electron chi connectivity index (χ3n) is 5.18. The molecule has 0 aromatic heterocycles. The van der Waals surface area contributed by atoms with E-state index in [9.17, 15) is 4.79 Å². The predicted octanol–water partition coefficient (Wildman–Crippen LogP) is 4.47. The SMILES string of the molecule is COc1cccc(NC(=O)ON2CCC3(CC2)CC(c2ccc(Cl)cc2)=NO3)c1. The molecular weight excluding hydrogens is 394 g/mol. The number of nitrogens with zero attached hydrogens (tertiary/aromatic N) is 2. The lowest BCUT2D eigenvalue weighted by atomic mass is 9.86. The number of carbonyl (C=O) groups excluding carboxylic acids is 1. The quantitative estimate of drug-likeness (QED) is 0.797. The first-order chi connectivity index (χ1) is 14.0. The van der Waals surface area contributed by atoms with Gasteiger partial charge in [-0.15, -0.1) is 5.06 Å². The van der Waals surface area contributed by atoms with Crippen molar-refractivity contribution in [3.63, 3.8) is 0 Å². The smallest absolute Gasteiger partial charge is 0.430 e. The summed E-state index contributed by atoms with van der Waals surface area (Å²) in [5.41, 5.74) is 2.22. The molecule has 2 aliphatic rings. The van der Waals surface area contributed by atoms with Gasteiger partial charge < -0.3 is 14.4 Å². The maximum atomic E-state index is 12.2. The van der Waals surface area contributed by atoms with Crippen LogP contribution in [0.15, 0.2) is 53.7 Å². The van der Waals surface area contributed by atoms with Crippen LogP contribution in [0, 0.1) is 0 Å². The Hall–Kier alpha value is -2.77. The molecule has 2 aromatic carbocycles. The van der Waals surface area contributed by atoms with Crippen LogP contribution < -0.4 is 10.1 Å². The minimum absolute atomic E-state index is 0.335. The van der Waals surface area contributed by atoms with E-state index in [0.717, 1.165) is 30.5 Å². The number of benzene rings is 2. The van der Waals surface area contributed by atoms with Gasteiger partial charge in [0.25, 0.3) is 0 Å². The largest absolute Gasteiger partial charge is 0.497 e. The molecule has 1 fully saturated rings. The minimum atomic E-state index is -0.528. The van der Waals surface area contributed by atoms with Gasteiger partial charge in [-0.1, -0.05) is 35.0 Å². The van der Waals surface area contributed by atoms with Crippen molar-refractivity contribution in [3.05, 3.63) is 59.1 Å². The number of hydrogen-bond donors (Lipinski definition) is 1. The number of methoxy groups -OCH3 is 1. The van der Waals surface area contributed by atoms with E-state index < -0.39 is 6.09 Å². The molecule has 2 aromatic rings. The van der Waals surface area contributed by atoms with Crippen molar-refractivity contribution in [2.45, 2.75) is 24.9 Å². The van der Waals surface area contributed by atoms with Gasteiger partial charge in [-0.05, 0) is 29.8 Å². The molecule has 152 valence electrons. The fourth-order valence-electron chi connectivity index (χ4n) is 3.53. The molecule has 7 nitrogen and oxygen atoms in total. The summed E-state index contributed by atoms with van der Waals surface area (Å²) in [6.07, 6.45) is 1.65. The van der Waals surface area contributed by atoms with E-state index in [2.05, 4.69) is 10.5 Å². The second kappa shape index (κ2) is 8.31. The van der Waals surface area contributed by atoms with E-state index in [4.69, 9.17) is 26.0 Å². The number of carbonyl (C=O) groups is 1. The van der Waals surface area contributed by atoms with Gasteiger partial charge in [0.1, 0.15) is 11.4 Å². The highest BCUT2D eigenvalue weighted by Crippen LogP contribution is 2.36. The Morgan fingerprint density at radius 1 is 1.21 bits per heavy atom. The lowest BCUT2D eigenvalue weighted by Crippen LogP contribution is -2.45. The second-order valence-electron chi connectivity index (χ2n) is 7.16. The molecule has 2 aliphatic heterocycles. The van der Waals surface area contributed by atoms with Crippen LogP contribution in [0.1, 0.15) is 24.8 Å². The molecule has 0 unspecified atom stereocenters. The standard InChI is InChI=1S/C21H22ClN3O4/c1-27-18-4-2-3-17(13-18)23-20(26)28-25-11-9-21(10-12-25)14-19(24-29-21)15-5-7-16(22)8-6-15/h2-8,13H,9-12,14H2,1H3,(H,23,26). The number of amides is 1. The molecule has 0 bridgehead atoms. The number of halogens is 1. The van der Waals surface area contributed by atoms with E-state index in [0.29, 0.717) is 29.5 Å². The Morgan fingerprint density at radius 2 is 1.97 bits per heavy atom. The summed E-state index contributed by atoms with van der Waals surface area (Å²) >= 11 is 5.95. The van der Waals surface area contributed by atoms with Gasteiger partial charge in [0.15, 0.2) is 0 Å². The maximum absolute atomic E-state index is 12.2. The molecule has 0 saturated carbocycles. The third kappa shape index (κ3) is 4.63. The van der Waals surface area contributed by atoms with E-state index >= 15 is 0 Å². The van der Waals surface area contributed by atoms with E-state index in [-0.39, 0.29) is 5.60 Å². The molecule has 0 radical (unpaired) electrons. The first kappa shape index (κ1) is 19.5. The van der Waals surface area contributed by atoms with Crippen molar-refractivity contribution in [2.24, 2.45) is 5.16 Å². The van der Waals surface area contributed by atoms with Crippen LogP contribution in [0.25, 0.3) is 0 Å². The summed E-state index contributed by atoms with van der Waals surface area (Å²) in [6.45, 7) is 1.16. The third-order valence-corrected chi connectivity index (χ3v) is 5.43. The highest BCUT2D eigenvalue weighted by atomic mass is 35.5. The van der Waals surface area contributed by atoms with Gasteiger partial charge in [-0.2, -0.15) is 0 Å². The van der Waals surface area contributed by atoms with Gasteiger partial charge in [0.2, 0.25) is 0 Å². The van der Waals surface area contributed by atoms with Crippen molar-refractivity contribution in [2.75, 3.05) is 25.5 Å². The molecule has 29 heavy (non-hydrogen) atoms. The lowest BCUT2D eigenvalue weighted by Gasteiger charge is -2.35. The summed E-state index contributed by atoms with van der Waals surface area (Å²) < 4.78 is 5.15. The fourth-order valence-corrected chi connectivity index (χ4v) is 3.66. The number of rotatable bonds is 4. The molecule has 8 heteroatoms. The fraction of sp³-hybridized carbons (Fsp3) is 0.333. The highest BCUT2D eigenvalue weighted by Gasteiger charge is 2.43.